The summed E-state index contributed by atoms with van der Waals surface area (Å²) in [6, 6.07) is 7.94. The summed E-state index contributed by atoms with van der Waals surface area (Å²) >= 11 is 0. The second-order valence-corrected chi connectivity index (χ2v) is 6.44. The van der Waals surface area contributed by atoms with Crippen LogP contribution in [0.1, 0.15) is 76.7 Å². The Bertz CT molecular complexity index is 466. The van der Waals surface area contributed by atoms with E-state index >= 15 is 0 Å². The van der Waals surface area contributed by atoms with Crippen LogP contribution in [0.25, 0.3) is 0 Å². The van der Waals surface area contributed by atoms with Gasteiger partial charge in [0, 0.05) is 6.42 Å². The first-order valence-corrected chi connectivity index (χ1v) is 9.17. The van der Waals surface area contributed by atoms with Gasteiger partial charge in [0.25, 0.3) is 0 Å². The van der Waals surface area contributed by atoms with Crippen LogP contribution in [0.2, 0.25) is 0 Å². The lowest BCUT2D eigenvalue weighted by Crippen LogP contribution is -2.06. The lowest BCUT2D eigenvalue weighted by molar-refractivity contribution is -0.142. The van der Waals surface area contributed by atoms with Gasteiger partial charge in [-0.25, -0.2) is 0 Å². The number of benzene rings is 1. The normalized spacial score (nSPS) is 20.5. The molecule has 23 heavy (non-hydrogen) atoms. The van der Waals surface area contributed by atoms with Crippen molar-refractivity contribution in [2.45, 2.75) is 77.2 Å². The molecule has 0 N–H and O–H groups in total. The largest absolute Gasteiger partial charge is 0.494 e. The molecule has 0 bridgehead atoms. The highest BCUT2D eigenvalue weighted by Gasteiger charge is 2.34. The Labute approximate surface area is 140 Å². The van der Waals surface area contributed by atoms with E-state index in [4.69, 9.17) is 9.47 Å². The first kappa shape index (κ1) is 17.8. The summed E-state index contributed by atoms with van der Waals surface area (Å²) in [5.74, 6) is 0.700. The zero-order valence-corrected chi connectivity index (χ0v) is 14.6. The molecule has 1 fully saturated rings. The van der Waals surface area contributed by atoms with E-state index in [1.807, 2.05) is 24.3 Å². The van der Waals surface area contributed by atoms with Gasteiger partial charge in [-0.1, -0.05) is 58.1 Å². The van der Waals surface area contributed by atoms with Gasteiger partial charge in [0.15, 0.2) is 0 Å². The molecular weight excluding hydrogens is 288 g/mol. The van der Waals surface area contributed by atoms with Crippen LogP contribution >= 0.6 is 0 Å². The molecule has 0 radical (unpaired) electrons. The minimum Gasteiger partial charge on any atom is -0.494 e. The fourth-order valence-electron chi connectivity index (χ4n) is 3.04. The summed E-state index contributed by atoms with van der Waals surface area (Å²) in [7, 11) is 0. The average molecular weight is 318 g/mol. The van der Waals surface area contributed by atoms with Crippen molar-refractivity contribution in [2.24, 2.45) is 0 Å². The van der Waals surface area contributed by atoms with Crippen LogP contribution in [0.5, 0.6) is 5.75 Å². The van der Waals surface area contributed by atoms with Crippen LogP contribution in [0.3, 0.4) is 0 Å². The van der Waals surface area contributed by atoms with E-state index < -0.39 is 0 Å². The van der Waals surface area contributed by atoms with E-state index in [0.29, 0.717) is 0 Å². The van der Waals surface area contributed by atoms with Crippen LogP contribution in [-0.4, -0.2) is 18.7 Å². The number of esters is 1. The predicted octanol–water partition coefficient (Wildman–Crippen LogP) is 5.24. The Kier molecular flexibility index (Phi) is 7.44. The Hall–Kier alpha value is -1.51. The molecule has 1 unspecified atom stereocenters. The maximum absolute atomic E-state index is 11.9. The molecule has 3 heteroatoms. The van der Waals surface area contributed by atoms with Gasteiger partial charge in [0.2, 0.25) is 0 Å². The highest BCUT2D eigenvalue weighted by atomic mass is 16.5. The van der Waals surface area contributed by atoms with Crippen molar-refractivity contribution >= 4 is 5.97 Å². The van der Waals surface area contributed by atoms with Crippen molar-refractivity contribution < 1.29 is 14.3 Å². The standard InChI is InChI=1S/C20H30O3/c1-3-5-6-7-8-9-14-22-18-12-10-16(11-13-18)19-15-17(4-2)23-20(19)21/h10-13,17,19H,3-9,14-15H2,1-2H3/t17-,19?/m1/s1. The first-order valence-electron chi connectivity index (χ1n) is 9.17. The molecule has 1 saturated heterocycles. The fourth-order valence-corrected chi connectivity index (χ4v) is 3.04. The quantitative estimate of drug-likeness (QED) is 0.437. The third-order valence-corrected chi connectivity index (χ3v) is 4.57. The van der Waals surface area contributed by atoms with Crippen molar-refractivity contribution in [3.8, 4) is 5.75 Å². The first-order chi connectivity index (χ1) is 11.2. The van der Waals surface area contributed by atoms with Gasteiger partial charge in [-0.15, -0.1) is 0 Å². The monoisotopic (exact) mass is 318 g/mol. The summed E-state index contributed by atoms with van der Waals surface area (Å²) in [5, 5.41) is 0. The molecule has 3 nitrogen and oxygen atoms in total. The lowest BCUT2D eigenvalue weighted by atomic mass is 9.95. The third-order valence-electron chi connectivity index (χ3n) is 4.57. The molecule has 1 aliphatic rings. The highest BCUT2D eigenvalue weighted by molar-refractivity contribution is 5.80. The number of ether oxygens (including phenoxy) is 2. The maximum Gasteiger partial charge on any atom is 0.313 e. The van der Waals surface area contributed by atoms with Gasteiger partial charge < -0.3 is 9.47 Å². The molecule has 0 spiro atoms. The molecule has 0 aromatic heterocycles. The number of rotatable bonds is 10. The van der Waals surface area contributed by atoms with Gasteiger partial charge in [0.1, 0.15) is 11.9 Å². The average Bonchev–Trinajstić information content (AvgIpc) is 2.96. The van der Waals surface area contributed by atoms with E-state index in [-0.39, 0.29) is 18.0 Å². The topological polar surface area (TPSA) is 35.5 Å². The number of hydrogen-bond acceptors (Lipinski definition) is 3. The summed E-state index contributed by atoms with van der Waals surface area (Å²) in [4.78, 5) is 11.9. The van der Waals surface area contributed by atoms with Crippen LogP contribution < -0.4 is 4.74 Å². The molecule has 0 amide bonds. The summed E-state index contributed by atoms with van der Waals surface area (Å²) in [5.41, 5.74) is 1.04. The summed E-state index contributed by atoms with van der Waals surface area (Å²) < 4.78 is 11.1. The molecule has 1 aromatic carbocycles. The minimum atomic E-state index is -0.104. The number of cyclic esters (lactones) is 1. The van der Waals surface area contributed by atoms with E-state index in [0.717, 1.165) is 37.2 Å². The van der Waals surface area contributed by atoms with Crippen molar-refractivity contribution in [3.63, 3.8) is 0 Å². The molecule has 128 valence electrons. The Balaban J connectivity index is 1.71. The molecule has 1 aromatic rings. The third kappa shape index (κ3) is 5.56. The Morgan fingerprint density at radius 2 is 1.74 bits per heavy atom. The number of unbranched alkanes of at least 4 members (excludes halogenated alkanes) is 5. The number of hydrogen-bond donors (Lipinski definition) is 0. The van der Waals surface area contributed by atoms with Crippen molar-refractivity contribution in [2.75, 3.05) is 6.61 Å². The van der Waals surface area contributed by atoms with Gasteiger partial charge in [-0.05, 0) is 30.5 Å². The van der Waals surface area contributed by atoms with E-state index in [2.05, 4.69) is 13.8 Å². The lowest BCUT2D eigenvalue weighted by Gasteiger charge is -2.09. The molecule has 2 atom stereocenters. The maximum atomic E-state index is 11.9. The smallest absolute Gasteiger partial charge is 0.313 e. The number of carbonyl (C=O) groups is 1. The van der Waals surface area contributed by atoms with Crippen LogP contribution in [0.4, 0.5) is 0 Å². The van der Waals surface area contributed by atoms with E-state index in [1.54, 1.807) is 0 Å². The Morgan fingerprint density at radius 3 is 2.39 bits per heavy atom. The van der Waals surface area contributed by atoms with Crippen LogP contribution in [0.15, 0.2) is 24.3 Å². The van der Waals surface area contributed by atoms with Gasteiger partial charge >= 0.3 is 5.97 Å². The molecule has 0 aliphatic carbocycles. The summed E-state index contributed by atoms with van der Waals surface area (Å²) in [6.45, 7) is 5.06. The van der Waals surface area contributed by atoms with Gasteiger partial charge in [-0.2, -0.15) is 0 Å². The zero-order valence-electron chi connectivity index (χ0n) is 14.6. The van der Waals surface area contributed by atoms with Crippen molar-refractivity contribution in [1.29, 1.82) is 0 Å². The SMILES string of the molecule is CCCCCCCCOc1ccc(C2C[C@@H](CC)OC2=O)cc1. The molecule has 0 saturated carbocycles. The second kappa shape index (κ2) is 9.59. The number of carbonyl (C=O) groups excluding carboxylic acids is 1. The molecule has 2 rings (SSSR count). The van der Waals surface area contributed by atoms with Crippen LogP contribution in [-0.2, 0) is 9.53 Å². The minimum absolute atomic E-state index is 0.0798. The molecular formula is C20H30O3. The highest BCUT2D eigenvalue weighted by Crippen LogP contribution is 2.32. The molecule has 1 aliphatic heterocycles. The molecule has 1 heterocycles. The summed E-state index contributed by atoms with van der Waals surface area (Å²) in [6.07, 6.45) is 9.38. The van der Waals surface area contributed by atoms with E-state index in [1.165, 1.54) is 32.1 Å². The van der Waals surface area contributed by atoms with Crippen molar-refractivity contribution in [3.05, 3.63) is 29.8 Å². The van der Waals surface area contributed by atoms with E-state index in [9.17, 15) is 4.79 Å². The second-order valence-electron chi connectivity index (χ2n) is 6.44. The van der Waals surface area contributed by atoms with Gasteiger partial charge in [0.05, 0.1) is 12.5 Å². The fraction of sp³-hybridized carbons (Fsp3) is 0.650. The van der Waals surface area contributed by atoms with Gasteiger partial charge in [-0.3, -0.25) is 4.79 Å². The van der Waals surface area contributed by atoms with Crippen molar-refractivity contribution in [1.82, 2.24) is 0 Å². The predicted molar refractivity (Wildman–Crippen MR) is 92.8 cm³/mol. The zero-order chi connectivity index (χ0) is 16.5. The Morgan fingerprint density at radius 1 is 1.04 bits per heavy atom. The van der Waals surface area contributed by atoms with Crippen LogP contribution in [0, 0.1) is 0 Å².